The number of aliphatic imine (C=N–C) groups is 1. The van der Waals surface area contributed by atoms with Crippen LogP contribution in [0.1, 0.15) is 25.7 Å². The van der Waals surface area contributed by atoms with Crippen molar-refractivity contribution in [1.29, 1.82) is 0 Å². The van der Waals surface area contributed by atoms with Gasteiger partial charge in [-0.3, -0.25) is 0 Å². The number of nitrogens with two attached hydrogens (primary N) is 1. The van der Waals surface area contributed by atoms with Crippen LogP contribution in [0.5, 0.6) is 5.88 Å². The summed E-state index contributed by atoms with van der Waals surface area (Å²) in [5, 5.41) is 3.72. The van der Waals surface area contributed by atoms with Crippen LogP contribution in [-0.4, -0.2) is 30.1 Å². The Morgan fingerprint density at radius 2 is 2.32 bits per heavy atom. The summed E-state index contributed by atoms with van der Waals surface area (Å²) < 4.78 is 5.42. The third kappa shape index (κ3) is 4.59. The van der Waals surface area contributed by atoms with Crippen LogP contribution >= 0.6 is 11.6 Å². The molecule has 0 saturated heterocycles. The van der Waals surface area contributed by atoms with Gasteiger partial charge in [-0.15, -0.1) is 0 Å². The molecule has 1 fully saturated rings. The van der Waals surface area contributed by atoms with Crippen LogP contribution in [0, 0.1) is 0 Å². The third-order valence-corrected chi connectivity index (χ3v) is 3.33. The Hall–Kier alpha value is -1.49. The van der Waals surface area contributed by atoms with Gasteiger partial charge < -0.3 is 15.8 Å². The average Bonchev–Trinajstić information content (AvgIpc) is 2.89. The van der Waals surface area contributed by atoms with E-state index in [9.17, 15) is 0 Å². The van der Waals surface area contributed by atoms with Gasteiger partial charge in [-0.2, -0.15) is 0 Å². The lowest BCUT2D eigenvalue weighted by Crippen LogP contribution is -2.38. The van der Waals surface area contributed by atoms with E-state index in [1.165, 1.54) is 25.7 Å². The number of hydrogen-bond acceptors (Lipinski definition) is 3. The molecule has 1 aliphatic rings. The Balaban J connectivity index is 1.69. The highest BCUT2D eigenvalue weighted by atomic mass is 35.5. The lowest BCUT2D eigenvalue weighted by atomic mass is 10.2. The van der Waals surface area contributed by atoms with Gasteiger partial charge in [0.25, 0.3) is 0 Å². The largest absolute Gasteiger partial charge is 0.475 e. The van der Waals surface area contributed by atoms with Crippen molar-refractivity contribution in [2.75, 3.05) is 13.2 Å². The summed E-state index contributed by atoms with van der Waals surface area (Å²) >= 11 is 5.92. The Bertz CT molecular complexity index is 432. The molecule has 1 aromatic rings. The predicted octanol–water partition coefficient (Wildman–Crippen LogP) is 1.96. The molecule has 0 bridgehead atoms. The minimum absolute atomic E-state index is 0.407. The molecular weight excluding hydrogens is 264 g/mol. The number of nitrogens with zero attached hydrogens (tertiary/aromatic N) is 2. The molecular formula is C13H19ClN4O. The number of pyridine rings is 1. The van der Waals surface area contributed by atoms with Crippen LogP contribution in [0.15, 0.2) is 23.3 Å². The monoisotopic (exact) mass is 282 g/mol. The van der Waals surface area contributed by atoms with Gasteiger partial charge in [0.2, 0.25) is 5.88 Å². The van der Waals surface area contributed by atoms with E-state index in [1.54, 1.807) is 18.3 Å². The zero-order chi connectivity index (χ0) is 13.5. The van der Waals surface area contributed by atoms with E-state index in [0.29, 0.717) is 36.1 Å². The van der Waals surface area contributed by atoms with Gasteiger partial charge in [-0.05, 0) is 25.0 Å². The summed E-state index contributed by atoms with van der Waals surface area (Å²) in [7, 11) is 0. The number of rotatable bonds is 5. The molecule has 1 heterocycles. The SMILES string of the molecule is NC(=NCCOc1ncccc1Cl)NC1CCCC1. The van der Waals surface area contributed by atoms with Gasteiger partial charge >= 0.3 is 0 Å². The molecule has 0 radical (unpaired) electrons. The van der Waals surface area contributed by atoms with Crippen molar-refractivity contribution >= 4 is 17.6 Å². The molecule has 1 saturated carbocycles. The highest BCUT2D eigenvalue weighted by Crippen LogP contribution is 2.19. The second-order valence-electron chi connectivity index (χ2n) is 4.53. The average molecular weight is 283 g/mol. The summed E-state index contributed by atoms with van der Waals surface area (Å²) in [5.74, 6) is 0.921. The van der Waals surface area contributed by atoms with Gasteiger partial charge in [-0.1, -0.05) is 24.4 Å². The Morgan fingerprint density at radius 3 is 3.05 bits per heavy atom. The smallest absolute Gasteiger partial charge is 0.232 e. The third-order valence-electron chi connectivity index (χ3n) is 3.04. The van der Waals surface area contributed by atoms with E-state index in [1.807, 2.05) is 0 Å². The molecule has 0 aromatic carbocycles. The second kappa shape index (κ2) is 7.19. The van der Waals surface area contributed by atoms with Crippen molar-refractivity contribution in [1.82, 2.24) is 10.3 Å². The molecule has 1 aromatic heterocycles. The lowest BCUT2D eigenvalue weighted by molar-refractivity contribution is 0.316. The maximum absolute atomic E-state index is 5.92. The fraction of sp³-hybridized carbons (Fsp3) is 0.538. The molecule has 0 spiro atoms. The van der Waals surface area contributed by atoms with Crippen LogP contribution in [-0.2, 0) is 0 Å². The summed E-state index contributed by atoms with van der Waals surface area (Å²) in [6.07, 6.45) is 6.53. The molecule has 5 nitrogen and oxygen atoms in total. The van der Waals surface area contributed by atoms with E-state index < -0.39 is 0 Å². The number of nitrogens with one attached hydrogen (secondary N) is 1. The maximum atomic E-state index is 5.92. The molecule has 0 unspecified atom stereocenters. The van der Waals surface area contributed by atoms with Crippen molar-refractivity contribution in [2.45, 2.75) is 31.7 Å². The van der Waals surface area contributed by atoms with Crippen LogP contribution < -0.4 is 15.8 Å². The first-order valence-corrected chi connectivity index (χ1v) is 6.93. The van der Waals surface area contributed by atoms with Crippen LogP contribution in [0.3, 0.4) is 0 Å². The number of aromatic nitrogens is 1. The van der Waals surface area contributed by atoms with Gasteiger partial charge in [0, 0.05) is 12.2 Å². The first-order valence-electron chi connectivity index (χ1n) is 6.55. The van der Waals surface area contributed by atoms with Crippen LogP contribution in [0.4, 0.5) is 0 Å². The molecule has 0 aliphatic heterocycles. The first kappa shape index (κ1) is 13.9. The van der Waals surface area contributed by atoms with E-state index >= 15 is 0 Å². The van der Waals surface area contributed by atoms with E-state index in [-0.39, 0.29) is 0 Å². The Kier molecular flexibility index (Phi) is 5.27. The van der Waals surface area contributed by atoms with Crippen molar-refractivity contribution in [3.8, 4) is 5.88 Å². The quantitative estimate of drug-likeness (QED) is 0.492. The van der Waals surface area contributed by atoms with E-state index in [0.717, 1.165) is 0 Å². The van der Waals surface area contributed by atoms with Crippen molar-refractivity contribution < 1.29 is 4.74 Å². The Labute approximate surface area is 118 Å². The molecule has 6 heteroatoms. The van der Waals surface area contributed by atoms with Crippen LogP contribution in [0.2, 0.25) is 5.02 Å². The summed E-state index contributed by atoms with van der Waals surface area (Å²) in [5.41, 5.74) is 5.80. The molecule has 0 amide bonds. The van der Waals surface area contributed by atoms with Gasteiger partial charge in [0.05, 0.1) is 6.54 Å². The van der Waals surface area contributed by atoms with E-state index in [2.05, 4.69) is 15.3 Å². The second-order valence-corrected chi connectivity index (χ2v) is 4.94. The van der Waals surface area contributed by atoms with Gasteiger partial charge in [0.1, 0.15) is 11.6 Å². The molecule has 1 aliphatic carbocycles. The standard InChI is InChI=1S/C13H19ClN4O/c14-11-6-3-7-16-12(11)19-9-8-17-13(15)18-10-4-1-2-5-10/h3,6-7,10H,1-2,4-5,8-9H2,(H3,15,17,18). The van der Waals surface area contributed by atoms with Gasteiger partial charge in [0.15, 0.2) is 5.96 Å². The number of ether oxygens (including phenoxy) is 1. The highest BCUT2D eigenvalue weighted by molar-refractivity contribution is 6.31. The number of hydrogen-bond donors (Lipinski definition) is 2. The zero-order valence-electron chi connectivity index (χ0n) is 10.8. The number of guanidine groups is 1. The first-order chi connectivity index (χ1) is 9.25. The summed E-state index contributed by atoms with van der Waals surface area (Å²) in [6, 6.07) is 3.98. The lowest BCUT2D eigenvalue weighted by Gasteiger charge is -2.12. The van der Waals surface area contributed by atoms with E-state index in [4.69, 9.17) is 22.1 Å². The normalized spacial score (nSPS) is 16.6. The highest BCUT2D eigenvalue weighted by Gasteiger charge is 2.14. The van der Waals surface area contributed by atoms with Crippen molar-refractivity contribution in [2.24, 2.45) is 10.7 Å². The summed E-state index contributed by atoms with van der Waals surface area (Å²) in [6.45, 7) is 0.891. The maximum Gasteiger partial charge on any atom is 0.232 e. The molecule has 104 valence electrons. The molecule has 19 heavy (non-hydrogen) atoms. The van der Waals surface area contributed by atoms with Crippen molar-refractivity contribution in [3.63, 3.8) is 0 Å². The minimum atomic E-state index is 0.407. The minimum Gasteiger partial charge on any atom is -0.475 e. The predicted molar refractivity (Wildman–Crippen MR) is 76.6 cm³/mol. The van der Waals surface area contributed by atoms with Gasteiger partial charge in [-0.25, -0.2) is 9.98 Å². The summed E-state index contributed by atoms with van der Waals surface area (Å²) in [4.78, 5) is 8.25. The topological polar surface area (TPSA) is 72.5 Å². The fourth-order valence-corrected chi connectivity index (χ4v) is 2.29. The van der Waals surface area contributed by atoms with Crippen LogP contribution in [0.25, 0.3) is 0 Å². The van der Waals surface area contributed by atoms with Crippen molar-refractivity contribution in [3.05, 3.63) is 23.4 Å². The number of halogens is 1. The molecule has 2 rings (SSSR count). The fourth-order valence-electron chi connectivity index (χ4n) is 2.11. The Morgan fingerprint density at radius 1 is 1.53 bits per heavy atom. The zero-order valence-corrected chi connectivity index (χ0v) is 11.6. The molecule has 0 atom stereocenters. The molecule has 3 N–H and O–H groups in total.